The molecule has 0 radical (unpaired) electrons. The molecule has 1 aromatic rings. The number of aryl methyl sites for hydroxylation is 1. The van der Waals surface area contributed by atoms with Crippen LogP contribution in [-0.2, 0) is 11.3 Å². The van der Waals surface area contributed by atoms with Crippen LogP contribution >= 0.6 is 36.2 Å². The van der Waals surface area contributed by atoms with Crippen molar-refractivity contribution < 1.29 is 4.79 Å². The van der Waals surface area contributed by atoms with Crippen molar-refractivity contribution in [3.8, 4) is 0 Å². The number of carbonyl (C=O) groups is 1. The van der Waals surface area contributed by atoms with Crippen LogP contribution in [0.25, 0.3) is 0 Å². The molecule has 4 nitrogen and oxygen atoms in total. The molecule has 0 aliphatic heterocycles. The summed E-state index contributed by atoms with van der Waals surface area (Å²) in [6.45, 7) is 2.59. The van der Waals surface area contributed by atoms with Gasteiger partial charge in [-0.05, 0) is 38.0 Å². The predicted molar refractivity (Wildman–Crippen MR) is 90.1 cm³/mol. The molecule has 7 heteroatoms. The van der Waals surface area contributed by atoms with Crippen LogP contribution in [0, 0.1) is 24.7 Å². The van der Waals surface area contributed by atoms with Gasteiger partial charge >= 0.3 is 0 Å². The van der Waals surface area contributed by atoms with Gasteiger partial charge in [0.15, 0.2) is 0 Å². The molecule has 1 aromatic heterocycles. The minimum absolute atomic E-state index is 0. The van der Waals surface area contributed by atoms with E-state index in [1.54, 1.807) is 16.2 Å². The maximum atomic E-state index is 12.6. The molecule has 120 valence electrons. The summed E-state index contributed by atoms with van der Waals surface area (Å²) >= 11 is 1.63. The normalized spacial score (nSPS) is 29.7. The van der Waals surface area contributed by atoms with Crippen LogP contribution in [-0.4, -0.2) is 28.9 Å². The van der Waals surface area contributed by atoms with Gasteiger partial charge in [-0.15, -0.1) is 36.2 Å². The average molecular weight is 352 g/mol. The van der Waals surface area contributed by atoms with Gasteiger partial charge in [-0.2, -0.15) is 0 Å². The van der Waals surface area contributed by atoms with Gasteiger partial charge in [-0.25, -0.2) is 4.98 Å². The van der Waals surface area contributed by atoms with E-state index < -0.39 is 0 Å². The molecule has 2 aliphatic rings. The second-order valence-electron chi connectivity index (χ2n) is 5.99. The zero-order chi connectivity index (χ0) is 13.6. The number of nitrogens with two attached hydrogens (primary N) is 1. The van der Waals surface area contributed by atoms with E-state index >= 15 is 0 Å². The number of halogens is 2. The second-order valence-corrected chi connectivity index (χ2v) is 7.05. The average Bonchev–Trinajstić information content (AvgIpc) is 3.05. The Labute approximate surface area is 142 Å². The smallest absolute Gasteiger partial charge is 0.227 e. The molecular weight excluding hydrogens is 329 g/mol. The first-order chi connectivity index (χ1) is 9.06. The van der Waals surface area contributed by atoms with E-state index in [-0.39, 0.29) is 42.7 Å². The summed E-state index contributed by atoms with van der Waals surface area (Å²) in [4.78, 5) is 18.8. The number of amides is 1. The van der Waals surface area contributed by atoms with E-state index in [0.717, 1.165) is 17.1 Å². The molecular formula is C14H23Cl2N3OS. The molecule has 0 spiro atoms. The Hall–Kier alpha value is -0.360. The number of nitrogens with zero attached hydrogens (tertiary/aromatic N) is 2. The zero-order valence-electron chi connectivity index (χ0n) is 12.3. The molecule has 0 aromatic carbocycles. The fourth-order valence-corrected chi connectivity index (χ4v) is 4.36. The van der Waals surface area contributed by atoms with E-state index in [0.29, 0.717) is 18.4 Å². The second kappa shape index (κ2) is 7.27. The molecule has 3 rings (SSSR count). The van der Waals surface area contributed by atoms with E-state index in [9.17, 15) is 4.79 Å². The van der Waals surface area contributed by atoms with E-state index in [1.165, 1.54) is 12.8 Å². The highest BCUT2D eigenvalue weighted by Gasteiger charge is 2.49. The van der Waals surface area contributed by atoms with Crippen LogP contribution in [0.1, 0.15) is 30.0 Å². The fraction of sp³-hybridized carbons (Fsp3) is 0.714. The molecule has 2 fully saturated rings. The minimum Gasteiger partial charge on any atom is -0.340 e. The van der Waals surface area contributed by atoms with Crippen molar-refractivity contribution >= 4 is 42.1 Å². The van der Waals surface area contributed by atoms with Gasteiger partial charge in [0.25, 0.3) is 0 Å². The van der Waals surface area contributed by atoms with Crippen molar-refractivity contribution in [2.45, 2.75) is 38.8 Å². The lowest BCUT2D eigenvalue weighted by Gasteiger charge is -2.30. The summed E-state index contributed by atoms with van der Waals surface area (Å²) < 4.78 is 0. The van der Waals surface area contributed by atoms with E-state index in [2.05, 4.69) is 4.98 Å². The molecule has 1 amide bonds. The molecule has 2 N–H and O–H groups in total. The van der Waals surface area contributed by atoms with Gasteiger partial charge in [-0.1, -0.05) is 0 Å². The van der Waals surface area contributed by atoms with Gasteiger partial charge in [0.05, 0.1) is 23.2 Å². The van der Waals surface area contributed by atoms with Crippen LogP contribution in [0.4, 0.5) is 0 Å². The van der Waals surface area contributed by atoms with Gasteiger partial charge in [0.2, 0.25) is 5.91 Å². The third-order valence-electron chi connectivity index (χ3n) is 4.71. The molecule has 4 atom stereocenters. The summed E-state index contributed by atoms with van der Waals surface area (Å²) in [5, 5.41) is 3.08. The number of aromatic nitrogens is 1. The molecule has 0 saturated heterocycles. The highest BCUT2D eigenvalue weighted by molar-refractivity contribution is 7.09. The summed E-state index contributed by atoms with van der Waals surface area (Å²) in [6.07, 6.45) is 3.55. The van der Waals surface area contributed by atoms with Gasteiger partial charge in [0.1, 0.15) is 0 Å². The minimum atomic E-state index is 0. The van der Waals surface area contributed by atoms with Crippen LogP contribution in [0.3, 0.4) is 0 Å². The lowest BCUT2D eigenvalue weighted by atomic mass is 9.84. The van der Waals surface area contributed by atoms with Crippen LogP contribution in [0.15, 0.2) is 5.38 Å². The van der Waals surface area contributed by atoms with Crippen LogP contribution < -0.4 is 5.73 Å². The predicted octanol–water partition coefficient (Wildman–Crippen LogP) is 2.63. The van der Waals surface area contributed by atoms with Crippen molar-refractivity contribution in [3.63, 3.8) is 0 Å². The van der Waals surface area contributed by atoms with Crippen molar-refractivity contribution in [1.82, 2.24) is 9.88 Å². The summed E-state index contributed by atoms with van der Waals surface area (Å²) in [5.74, 6) is 1.36. The van der Waals surface area contributed by atoms with Gasteiger partial charge < -0.3 is 10.6 Å². The largest absolute Gasteiger partial charge is 0.340 e. The highest BCUT2D eigenvalue weighted by atomic mass is 35.5. The van der Waals surface area contributed by atoms with E-state index in [4.69, 9.17) is 5.73 Å². The van der Waals surface area contributed by atoms with Gasteiger partial charge in [-0.3, -0.25) is 4.79 Å². The Morgan fingerprint density at radius 1 is 1.43 bits per heavy atom. The van der Waals surface area contributed by atoms with Crippen molar-refractivity contribution in [3.05, 3.63) is 16.1 Å². The monoisotopic (exact) mass is 351 g/mol. The Bertz CT molecular complexity index is 494. The topological polar surface area (TPSA) is 59.2 Å². The Balaban J connectivity index is 0.00000110. The number of thiazole rings is 1. The molecule has 21 heavy (non-hydrogen) atoms. The number of hydrogen-bond acceptors (Lipinski definition) is 4. The molecule has 2 aliphatic carbocycles. The number of carbonyl (C=O) groups excluding carboxylic acids is 1. The lowest BCUT2D eigenvalue weighted by molar-refractivity contribution is -0.137. The Morgan fingerprint density at radius 2 is 2.10 bits per heavy atom. The first-order valence-electron chi connectivity index (χ1n) is 6.98. The molecule has 1 heterocycles. The highest BCUT2D eigenvalue weighted by Crippen LogP contribution is 2.48. The number of rotatable bonds is 3. The SMILES string of the molecule is Cc1nc(CN(C)C(=O)C2C3CCC(C3)C2N)cs1.Cl.Cl. The molecule has 2 bridgehead atoms. The summed E-state index contributed by atoms with van der Waals surface area (Å²) in [6, 6.07) is 0.0749. The van der Waals surface area contributed by atoms with Crippen molar-refractivity contribution in [1.29, 1.82) is 0 Å². The third-order valence-corrected chi connectivity index (χ3v) is 5.53. The van der Waals surface area contributed by atoms with Crippen molar-refractivity contribution in [2.24, 2.45) is 23.5 Å². The van der Waals surface area contributed by atoms with Crippen LogP contribution in [0.2, 0.25) is 0 Å². The maximum absolute atomic E-state index is 12.6. The number of hydrogen-bond donors (Lipinski definition) is 1. The number of fused-ring (bicyclic) bond motifs is 2. The standard InChI is InChI=1S/C14H21N3OS.2ClH/c1-8-16-11(7-19-8)6-17(2)14(18)12-9-3-4-10(5-9)13(12)15;;/h7,9-10,12-13H,3-6,15H2,1-2H3;2*1H. The van der Waals surface area contributed by atoms with Gasteiger partial charge in [0, 0.05) is 18.5 Å². The first kappa shape index (κ1) is 18.7. The fourth-order valence-electron chi connectivity index (χ4n) is 3.76. The van der Waals surface area contributed by atoms with Crippen LogP contribution in [0.5, 0.6) is 0 Å². The lowest BCUT2D eigenvalue weighted by Crippen LogP contribution is -2.45. The quantitative estimate of drug-likeness (QED) is 0.910. The maximum Gasteiger partial charge on any atom is 0.227 e. The molecule has 2 saturated carbocycles. The molecule has 4 unspecified atom stereocenters. The van der Waals surface area contributed by atoms with Crippen molar-refractivity contribution in [2.75, 3.05) is 7.05 Å². The van der Waals surface area contributed by atoms with E-state index in [1.807, 2.05) is 19.4 Å². The third kappa shape index (κ3) is 3.52. The Morgan fingerprint density at radius 3 is 2.62 bits per heavy atom. The summed E-state index contributed by atoms with van der Waals surface area (Å²) in [5.41, 5.74) is 7.22. The summed E-state index contributed by atoms with van der Waals surface area (Å²) in [7, 11) is 1.87. The first-order valence-corrected chi connectivity index (χ1v) is 7.86. The zero-order valence-corrected chi connectivity index (χ0v) is 14.8. The Kier molecular flexibility index (Phi) is 6.47.